The number of benzene rings is 1. The second-order valence-electron chi connectivity index (χ2n) is 4.18. The Labute approximate surface area is 118 Å². The van der Waals surface area contributed by atoms with Crippen molar-refractivity contribution in [2.45, 2.75) is 25.8 Å². The predicted octanol–water partition coefficient (Wildman–Crippen LogP) is 1.50. The predicted molar refractivity (Wildman–Crippen MR) is 76.3 cm³/mol. The molecule has 0 saturated carbocycles. The molecule has 0 radical (unpaired) electrons. The quantitative estimate of drug-likeness (QED) is 0.804. The Hall–Kier alpha value is -1.59. The van der Waals surface area contributed by atoms with Crippen molar-refractivity contribution in [2.75, 3.05) is 12.4 Å². The van der Waals surface area contributed by atoms with Crippen LogP contribution < -0.4 is 11.1 Å². The van der Waals surface area contributed by atoms with E-state index >= 15 is 0 Å². The van der Waals surface area contributed by atoms with Crippen molar-refractivity contribution in [3.63, 3.8) is 0 Å². The van der Waals surface area contributed by atoms with Gasteiger partial charge in [-0.15, -0.1) is 12.4 Å². The molecule has 0 bridgehead atoms. The van der Waals surface area contributed by atoms with E-state index in [0.717, 1.165) is 5.56 Å². The molecule has 1 aromatic carbocycles. The summed E-state index contributed by atoms with van der Waals surface area (Å²) in [6, 6.07) is 6.91. The van der Waals surface area contributed by atoms with Crippen molar-refractivity contribution in [3.05, 3.63) is 29.8 Å². The number of halogens is 1. The summed E-state index contributed by atoms with van der Waals surface area (Å²) in [5.74, 6) is -0.450. The Morgan fingerprint density at radius 1 is 1.42 bits per heavy atom. The second kappa shape index (κ2) is 8.50. The fourth-order valence-electron chi connectivity index (χ4n) is 1.50. The minimum absolute atomic E-state index is 0. The fourth-order valence-corrected chi connectivity index (χ4v) is 1.50. The van der Waals surface area contributed by atoms with Gasteiger partial charge in [0.15, 0.2) is 0 Å². The van der Waals surface area contributed by atoms with E-state index in [0.29, 0.717) is 5.69 Å². The van der Waals surface area contributed by atoms with Gasteiger partial charge in [0.2, 0.25) is 5.91 Å². The number of carbonyl (C=O) groups excluding carboxylic acids is 2. The minimum Gasteiger partial charge on any atom is -0.469 e. The molecule has 0 aliphatic carbocycles. The zero-order valence-electron chi connectivity index (χ0n) is 11.0. The fraction of sp³-hybridized carbons (Fsp3) is 0.385. The van der Waals surface area contributed by atoms with Crippen LogP contribution in [0.3, 0.4) is 0 Å². The normalized spacial score (nSPS) is 11.1. The highest BCUT2D eigenvalue weighted by atomic mass is 35.5. The molecule has 3 N–H and O–H groups in total. The molecule has 1 aromatic rings. The molecular weight excluding hydrogens is 268 g/mol. The first kappa shape index (κ1) is 17.4. The van der Waals surface area contributed by atoms with E-state index in [1.165, 1.54) is 7.11 Å². The minimum atomic E-state index is -0.311. The molecule has 1 rings (SSSR count). The van der Waals surface area contributed by atoms with Crippen molar-refractivity contribution in [1.82, 2.24) is 0 Å². The molecule has 0 aliphatic heterocycles. The average molecular weight is 287 g/mol. The van der Waals surface area contributed by atoms with Crippen LogP contribution in [0.2, 0.25) is 0 Å². The van der Waals surface area contributed by atoms with Gasteiger partial charge in [-0.1, -0.05) is 12.1 Å². The van der Waals surface area contributed by atoms with E-state index in [2.05, 4.69) is 10.1 Å². The molecular formula is C13H19ClN2O3. The first-order chi connectivity index (χ1) is 8.51. The number of nitrogens with two attached hydrogens (primary N) is 1. The van der Waals surface area contributed by atoms with Crippen molar-refractivity contribution >= 4 is 30.0 Å². The number of amides is 1. The van der Waals surface area contributed by atoms with Gasteiger partial charge >= 0.3 is 5.97 Å². The van der Waals surface area contributed by atoms with Crippen molar-refractivity contribution in [2.24, 2.45) is 5.73 Å². The smallest absolute Gasteiger partial charge is 0.309 e. The molecule has 0 fully saturated rings. The maximum Gasteiger partial charge on any atom is 0.309 e. The topological polar surface area (TPSA) is 81.4 Å². The molecule has 0 saturated heterocycles. The summed E-state index contributed by atoms with van der Waals surface area (Å²) >= 11 is 0. The van der Waals surface area contributed by atoms with Crippen LogP contribution in [-0.2, 0) is 20.7 Å². The van der Waals surface area contributed by atoms with Crippen LogP contribution in [-0.4, -0.2) is 25.0 Å². The van der Waals surface area contributed by atoms with Gasteiger partial charge in [0.25, 0.3) is 0 Å². The Kier molecular flexibility index (Phi) is 7.79. The molecule has 19 heavy (non-hydrogen) atoms. The highest BCUT2D eigenvalue weighted by molar-refractivity contribution is 5.91. The van der Waals surface area contributed by atoms with E-state index in [1.54, 1.807) is 31.2 Å². The second-order valence-corrected chi connectivity index (χ2v) is 4.18. The van der Waals surface area contributed by atoms with Crippen LogP contribution in [0.5, 0.6) is 0 Å². The summed E-state index contributed by atoms with van der Waals surface area (Å²) in [6.45, 7) is 1.77. The molecule has 1 atom stereocenters. The highest BCUT2D eigenvalue weighted by Gasteiger charge is 2.07. The van der Waals surface area contributed by atoms with Crippen LogP contribution in [0, 0.1) is 0 Å². The Balaban J connectivity index is 0.00000324. The van der Waals surface area contributed by atoms with Crippen LogP contribution in [0.4, 0.5) is 5.69 Å². The van der Waals surface area contributed by atoms with Crippen LogP contribution in [0.15, 0.2) is 24.3 Å². The number of methoxy groups -OCH3 is 1. The first-order valence-electron chi connectivity index (χ1n) is 5.72. The Morgan fingerprint density at radius 2 is 2.11 bits per heavy atom. The summed E-state index contributed by atoms with van der Waals surface area (Å²) in [4.78, 5) is 22.7. The van der Waals surface area contributed by atoms with Crippen molar-refractivity contribution in [1.29, 1.82) is 0 Å². The Morgan fingerprint density at radius 3 is 2.68 bits per heavy atom. The lowest BCUT2D eigenvalue weighted by Crippen LogP contribution is -2.24. The third-order valence-corrected chi connectivity index (χ3v) is 2.29. The highest BCUT2D eigenvalue weighted by Crippen LogP contribution is 2.12. The number of anilines is 1. The molecule has 5 nitrogen and oxygen atoms in total. The lowest BCUT2D eigenvalue weighted by Gasteiger charge is -2.08. The number of hydrogen-bond donors (Lipinski definition) is 2. The van der Waals surface area contributed by atoms with Gasteiger partial charge in [0.1, 0.15) is 0 Å². The monoisotopic (exact) mass is 286 g/mol. The summed E-state index contributed by atoms with van der Waals surface area (Å²) in [7, 11) is 1.34. The van der Waals surface area contributed by atoms with Gasteiger partial charge in [0.05, 0.1) is 13.5 Å². The zero-order chi connectivity index (χ0) is 13.5. The van der Waals surface area contributed by atoms with Crippen molar-refractivity contribution in [3.8, 4) is 0 Å². The SMILES string of the molecule is COC(=O)Cc1cccc(NC(=O)CC(C)N)c1.Cl. The summed E-state index contributed by atoms with van der Waals surface area (Å²) in [6.07, 6.45) is 0.453. The molecule has 0 aromatic heterocycles. The van der Waals surface area contributed by atoms with E-state index in [-0.39, 0.29) is 43.2 Å². The lowest BCUT2D eigenvalue weighted by molar-refractivity contribution is -0.139. The molecule has 6 heteroatoms. The van der Waals surface area contributed by atoms with E-state index in [9.17, 15) is 9.59 Å². The first-order valence-corrected chi connectivity index (χ1v) is 5.72. The summed E-state index contributed by atoms with van der Waals surface area (Å²) < 4.78 is 4.58. The van der Waals surface area contributed by atoms with E-state index in [1.807, 2.05) is 0 Å². The third kappa shape index (κ3) is 6.79. The van der Waals surface area contributed by atoms with Gasteiger partial charge in [0, 0.05) is 18.2 Å². The van der Waals surface area contributed by atoms with Gasteiger partial charge < -0.3 is 15.8 Å². The van der Waals surface area contributed by atoms with Crippen LogP contribution in [0.25, 0.3) is 0 Å². The van der Waals surface area contributed by atoms with Crippen LogP contribution in [0.1, 0.15) is 18.9 Å². The molecule has 1 amide bonds. The number of hydrogen-bond acceptors (Lipinski definition) is 4. The van der Waals surface area contributed by atoms with E-state index in [4.69, 9.17) is 5.73 Å². The standard InChI is InChI=1S/C13H18N2O3.ClH/c1-9(14)6-12(16)15-11-5-3-4-10(7-11)8-13(17)18-2;/h3-5,7,9H,6,8,14H2,1-2H3,(H,15,16);1H. The van der Waals surface area contributed by atoms with E-state index < -0.39 is 0 Å². The molecule has 0 spiro atoms. The number of ether oxygens (including phenoxy) is 1. The molecule has 0 heterocycles. The number of carbonyl (C=O) groups is 2. The van der Waals surface area contributed by atoms with Gasteiger partial charge in [-0.05, 0) is 24.6 Å². The number of nitrogens with one attached hydrogen (secondary N) is 1. The number of esters is 1. The van der Waals surface area contributed by atoms with Crippen LogP contribution >= 0.6 is 12.4 Å². The zero-order valence-corrected chi connectivity index (χ0v) is 11.8. The molecule has 0 aliphatic rings. The van der Waals surface area contributed by atoms with Crippen molar-refractivity contribution < 1.29 is 14.3 Å². The lowest BCUT2D eigenvalue weighted by atomic mass is 10.1. The summed E-state index contributed by atoms with van der Waals surface area (Å²) in [5.41, 5.74) is 6.99. The van der Waals surface area contributed by atoms with Gasteiger partial charge in [-0.2, -0.15) is 0 Å². The average Bonchev–Trinajstić information content (AvgIpc) is 2.28. The van der Waals surface area contributed by atoms with Gasteiger partial charge in [-0.25, -0.2) is 0 Å². The third-order valence-electron chi connectivity index (χ3n) is 2.29. The maximum absolute atomic E-state index is 11.5. The summed E-state index contributed by atoms with van der Waals surface area (Å²) in [5, 5.41) is 2.73. The largest absolute Gasteiger partial charge is 0.469 e. The van der Waals surface area contributed by atoms with Gasteiger partial charge in [-0.3, -0.25) is 9.59 Å². The Bertz CT molecular complexity index is 436. The molecule has 106 valence electrons. The maximum atomic E-state index is 11.5. The molecule has 1 unspecified atom stereocenters. The number of rotatable bonds is 5.